The lowest BCUT2D eigenvalue weighted by molar-refractivity contribution is 0.0737. The Balaban J connectivity index is 1.52. The molecule has 1 unspecified atom stereocenters. The molecule has 0 saturated carbocycles. The lowest BCUT2D eigenvalue weighted by Gasteiger charge is -2.34. The minimum atomic E-state index is -0.263. The van der Waals surface area contributed by atoms with E-state index in [2.05, 4.69) is 19.9 Å². The molecule has 2 aromatic rings. The van der Waals surface area contributed by atoms with Gasteiger partial charge in [0.2, 0.25) is 11.7 Å². The number of nitrogens with zero attached hydrogens (tertiary/aromatic N) is 4. The molecule has 2 aromatic heterocycles. The number of aliphatic hydroxyl groups excluding tert-OH is 1. The Morgan fingerprint density at radius 3 is 2.76 bits per heavy atom. The van der Waals surface area contributed by atoms with Gasteiger partial charge in [0.05, 0.1) is 17.5 Å². The standard InChI is InChI=1S/C14H20N4O2S/c1-11(19)9-17-4-6-18(7-5-17)10-13-15-14(16-20-13)12-3-2-8-21-12/h2-3,8,11,19H,4-7,9-10H2,1H3. The van der Waals surface area contributed by atoms with Crippen molar-refractivity contribution >= 4 is 11.3 Å². The monoisotopic (exact) mass is 308 g/mol. The van der Waals surface area contributed by atoms with E-state index in [4.69, 9.17) is 4.52 Å². The highest BCUT2D eigenvalue weighted by molar-refractivity contribution is 7.13. The van der Waals surface area contributed by atoms with Crippen LogP contribution in [0.2, 0.25) is 0 Å². The zero-order valence-corrected chi connectivity index (χ0v) is 12.9. The number of thiophene rings is 1. The van der Waals surface area contributed by atoms with Gasteiger partial charge in [-0.1, -0.05) is 11.2 Å². The molecule has 1 saturated heterocycles. The molecule has 1 N–H and O–H groups in total. The molecule has 1 atom stereocenters. The van der Waals surface area contributed by atoms with E-state index in [0.717, 1.165) is 37.6 Å². The van der Waals surface area contributed by atoms with E-state index in [1.165, 1.54) is 0 Å². The molecule has 0 bridgehead atoms. The highest BCUT2D eigenvalue weighted by atomic mass is 32.1. The Morgan fingerprint density at radius 1 is 1.33 bits per heavy atom. The molecule has 114 valence electrons. The molecule has 0 spiro atoms. The summed E-state index contributed by atoms with van der Waals surface area (Å²) in [5.74, 6) is 1.34. The van der Waals surface area contributed by atoms with Crippen molar-refractivity contribution in [1.82, 2.24) is 19.9 Å². The van der Waals surface area contributed by atoms with E-state index in [0.29, 0.717) is 18.3 Å². The van der Waals surface area contributed by atoms with Crippen molar-refractivity contribution in [3.05, 3.63) is 23.4 Å². The zero-order valence-electron chi connectivity index (χ0n) is 12.1. The van der Waals surface area contributed by atoms with Crippen LogP contribution in [0.15, 0.2) is 22.0 Å². The number of hydrogen-bond donors (Lipinski definition) is 1. The Labute approximate surface area is 128 Å². The van der Waals surface area contributed by atoms with Gasteiger partial charge in [0.15, 0.2) is 0 Å². The van der Waals surface area contributed by atoms with Gasteiger partial charge in [0, 0.05) is 32.7 Å². The van der Waals surface area contributed by atoms with E-state index in [-0.39, 0.29) is 6.10 Å². The van der Waals surface area contributed by atoms with Gasteiger partial charge in [-0.25, -0.2) is 0 Å². The number of aliphatic hydroxyl groups is 1. The van der Waals surface area contributed by atoms with Gasteiger partial charge < -0.3 is 9.63 Å². The van der Waals surface area contributed by atoms with Gasteiger partial charge >= 0.3 is 0 Å². The van der Waals surface area contributed by atoms with Gasteiger partial charge in [0.1, 0.15) is 0 Å². The van der Waals surface area contributed by atoms with Gasteiger partial charge in [-0.3, -0.25) is 9.80 Å². The third-order valence-corrected chi connectivity index (χ3v) is 4.42. The molecular weight excluding hydrogens is 288 g/mol. The summed E-state index contributed by atoms with van der Waals surface area (Å²) in [6, 6.07) is 3.98. The van der Waals surface area contributed by atoms with Crippen LogP contribution < -0.4 is 0 Å². The van der Waals surface area contributed by atoms with Crippen molar-refractivity contribution in [2.75, 3.05) is 32.7 Å². The second kappa shape index (κ2) is 6.65. The number of rotatable bonds is 5. The van der Waals surface area contributed by atoms with E-state index < -0.39 is 0 Å². The Morgan fingerprint density at radius 2 is 2.10 bits per heavy atom. The Hall–Kier alpha value is -1.28. The van der Waals surface area contributed by atoms with Gasteiger partial charge in [-0.15, -0.1) is 11.3 Å². The second-order valence-electron chi connectivity index (χ2n) is 5.41. The maximum absolute atomic E-state index is 9.41. The summed E-state index contributed by atoms with van der Waals surface area (Å²) >= 11 is 1.61. The molecule has 0 radical (unpaired) electrons. The predicted molar refractivity (Wildman–Crippen MR) is 81.0 cm³/mol. The lowest BCUT2D eigenvalue weighted by atomic mass is 10.3. The highest BCUT2D eigenvalue weighted by Gasteiger charge is 2.20. The number of aromatic nitrogens is 2. The maximum atomic E-state index is 9.41. The summed E-state index contributed by atoms with van der Waals surface area (Å²) in [7, 11) is 0. The topological polar surface area (TPSA) is 65.6 Å². The summed E-state index contributed by atoms with van der Waals surface area (Å²) in [5.41, 5.74) is 0. The summed E-state index contributed by atoms with van der Waals surface area (Å²) in [4.78, 5) is 10.1. The highest BCUT2D eigenvalue weighted by Crippen LogP contribution is 2.21. The first-order valence-electron chi connectivity index (χ1n) is 7.20. The lowest BCUT2D eigenvalue weighted by Crippen LogP contribution is -2.47. The van der Waals surface area contributed by atoms with Gasteiger partial charge in [-0.2, -0.15) is 4.98 Å². The summed E-state index contributed by atoms with van der Waals surface area (Å²) in [5, 5.41) is 15.5. The fraction of sp³-hybridized carbons (Fsp3) is 0.571. The summed E-state index contributed by atoms with van der Waals surface area (Å²) in [6.07, 6.45) is -0.263. The largest absolute Gasteiger partial charge is 0.392 e. The van der Waals surface area contributed by atoms with Crippen LogP contribution in [0.5, 0.6) is 0 Å². The number of hydrogen-bond acceptors (Lipinski definition) is 7. The van der Waals surface area contributed by atoms with E-state index >= 15 is 0 Å². The fourth-order valence-electron chi connectivity index (χ4n) is 2.52. The predicted octanol–water partition coefficient (Wildman–Crippen LogP) is 1.30. The SMILES string of the molecule is CC(O)CN1CCN(Cc2nc(-c3cccs3)no2)CC1. The average Bonchev–Trinajstić information content (AvgIpc) is 3.11. The minimum Gasteiger partial charge on any atom is -0.392 e. The van der Waals surface area contributed by atoms with Crippen LogP contribution in [0.3, 0.4) is 0 Å². The van der Waals surface area contributed by atoms with Gasteiger partial charge in [-0.05, 0) is 18.4 Å². The molecule has 3 heterocycles. The first-order valence-corrected chi connectivity index (χ1v) is 8.08. The minimum absolute atomic E-state index is 0.263. The smallest absolute Gasteiger partial charge is 0.241 e. The van der Waals surface area contributed by atoms with Crippen molar-refractivity contribution in [2.45, 2.75) is 19.6 Å². The van der Waals surface area contributed by atoms with Crippen molar-refractivity contribution in [2.24, 2.45) is 0 Å². The summed E-state index contributed by atoms with van der Waals surface area (Å²) < 4.78 is 5.33. The molecule has 0 aliphatic carbocycles. The molecule has 1 fully saturated rings. The van der Waals surface area contributed by atoms with Crippen LogP contribution in [0, 0.1) is 0 Å². The molecule has 0 amide bonds. The van der Waals surface area contributed by atoms with Crippen molar-refractivity contribution in [3.63, 3.8) is 0 Å². The molecule has 1 aliphatic heterocycles. The van der Waals surface area contributed by atoms with Crippen molar-refractivity contribution < 1.29 is 9.63 Å². The molecule has 6 nitrogen and oxygen atoms in total. The van der Waals surface area contributed by atoms with E-state index in [1.54, 1.807) is 11.3 Å². The maximum Gasteiger partial charge on any atom is 0.241 e. The molecule has 3 rings (SSSR count). The third-order valence-electron chi connectivity index (χ3n) is 3.56. The van der Waals surface area contributed by atoms with E-state index in [9.17, 15) is 5.11 Å². The Bertz CT molecular complexity index is 547. The average molecular weight is 308 g/mol. The van der Waals surface area contributed by atoms with Crippen LogP contribution in [0.1, 0.15) is 12.8 Å². The number of β-amino-alcohol motifs (C(OH)–C–C–N with tert-alkyl or cyclic N) is 1. The third kappa shape index (κ3) is 3.88. The molecule has 21 heavy (non-hydrogen) atoms. The zero-order chi connectivity index (χ0) is 14.7. The van der Waals surface area contributed by atoms with Crippen LogP contribution in [0.25, 0.3) is 10.7 Å². The van der Waals surface area contributed by atoms with Crippen LogP contribution in [-0.2, 0) is 6.54 Å². The Kier molecular flexibility index (Phi) is 4.64. The first kappa shape index (κ1) is 14.6. The second-order valence-corrected chi connectivity index (χ2v) is 6.36. The van der Waals surface area contributed by atoms with Crippen molar-refractivity contribution in [1.29, 1.82) is 0 Å². The van der Waals surface area contributed by atoms with Crippen LogP contribution in [-0.4, -0.2) is 63.9 Å². The van der Waals surface area contributed by atoms with Gasteiger partial charge in [0.25, 0.3) is 0 Å². The normalized spacial score (nSPS) is 19.0. The van der Waals surface area contributed by atoms with E-state index in [1.807, 2.05) is 24.4 Å². The van der Waals surface area contributed by atoms with Crippen LogP contribution in [0.4, 0.5) is 0 Å². The fourth-order valence-corrected chi connectivity index (χ4v) is 3.17. The molecule has 1 aliphatic rings. The first-order chi connectivity index (χ1) is 10.2. The molecule has 7 heteroatoms. The summed E-state index contributed by atoms with van der Waals surface area (Å²) in [6.45, 7) is 7.13. The molecular formula is C14H20N4O2S. The molecule has 0 aromatic carbocycles. The quantitative estimate of drug-likeness (QED) is 0.898. The number of piperazine rings is 1. The van der Waals surface area contributed by atoms with Crippen molar-refractivity contribution in [3.8, 4) is 10.7 Å². The van der Waals surface area contributed by atoms with Crippen LogP contribution >= 0.6 is 11.3 Å².